The summed E-state index contributed by atoms with van der Waals surface area (Å²) in [6.07, 6.45) is 13.7. The summed E-state index contributed by atoms with van der Waals surface area (Å²) in [7, 11) is 0. The molecule has 100 valence electrons. The average Bonchev–Trinajstić information content (AvgIpc) is 2.89. The van der Waals surface area contributed by atoms with E-state index >= 15 is 0 Å². The molecule has 0 aliphatic heterocycles. The van der Waals surface area contributed by atoms with Gasteiger partial charge in [0.15, 0.2) is 0 Å². The van der Waals surface area contributed by atoms with Crippen molar-refractivity contribution in [2.75, 3.05) is 0 Å². The van der Waals surface area contributed by atoms with Crippen LogP contribution in [0.25, 0.3) is 0 Å². The van der Waals surface area contributed by atoms with Crippen LogP contribution in [0.15, 0.2) is 11.1 Å². The van der Waals surface area contributed by atoms with Crippen molar-refractivity contribution in [1.29, 1.82) is 0 Å². The average molecular weight is 246 g/mol. The Balaban J connectivity index is 1.69. The number of fused-ring (bicyclic) bond motifs is 4. The van der Waals surface area contributed by atoms with Crippen molar-refractivity contribution in [2.45, 2.75) is 70.3 Å². The van der Waals surface area contributed by atoms with Gasteiger partial charge in [-0.3, -0.25) is 0 Å². The lowest BCUT2D eigenvalue weighted by atomic mass is 9.58. The minimum atomic E-state index is -0.00285. The molecule has 0 heterocycles. The molecule has 3 fully saturated rings. The lowest BCUT2D eigenvalue weighted by Gasteiger charge is -2.47. The van der Waals surface area contributed by atoms with E-state index < -0.39 is 0 Å². The largest absolute Gasteiger partial charge is 0.392 e. The molecule has 0 bridgehead atoms. The fourth-order valence-electron chi connectivity index (χ4n) is 5.74. The van der Waals surface area contributed by atoms with Gasteiger partial charge in [0.05, 0.1) is 6.10 Å². The van der Waals surface area contributed by atoms with Gasteiger partial charge < -0.3 is 5.11 Å². The van der Waals surface area contributed by atoms with Gasteiger partial charge in [-0.1, -0.05) is 30.4 Å². The molecule has 18 heavy (non-hydrogen) atoms. The smallest absolute Gasteiger partial charge is 0.0611 e. The second-order valence-electron chi connectivity index (χ2n) is 7.21. The first-order chi connectivity index (χ1) is 8.84. The van der Waals surface area contributed by atoms with Crippen LogP contribution in [-0.4, -0.2) is 11.2 Å². The molecule has 0 aromatic carbocycles. The highest BCUT2D eigenvalue weighted by molar-refractivity contribution is 5.29. The van der Waals surface area contributed by atoms with E-state index in [9.17, 15) is 5.11 Å². The molecule has 5 unspecified atom stereocenters. The lowest BCUT2D eigenvalue weighted by Crippen LogP contribution is -2.40. The third-order valence-electron chi connectivity index (χ3n) is 6.50. The van der Waals surface area contributed by atoms with E-state index in [2.05, 4.69) is 0 Å². The second-order valence-corrected chi connectivity index (χ2v) is 7.21. The number of hydrogen-bond acceptors (Lipinski definition) is 1. The summed E-state index contributed by atoms with van der Waals surface area (Å²) in [6, 6.07) is 0. The van der Waals surface area contributed by atoms with Crippen molar-refractivity contribution in [2.24, 2.45) is 23.7 Å². The summed E-state index contributed by atoms with van der Waals surface area (Å²) in [5.74, 6) is 3.28. The lowest BCUT2D eigenvalue weighted by molar-refractivity contribution is 0.0458. The summed E-state index contributed by atoms with van der Waals surface area (Å²) < 4.78 is 0. The normalized spacial score (nSPS) is 47.5. The van der Waals surface area contributed by atoms with Gasteiger partial charge in [-0.05, 0) is 62.7 Å². The van der Waals surface area contributed by atoms with Gasteiger partial charge in [0.2, 0.25) is 0 Å². The molecule has 0 saturated heterocycles. The first-order valence-electron chi connectivity index (χ1n) is 8.24. The van der Waals surface area contributed by atoms with Gasteiger partial charge in [0.1, 0.15) is 0 Å². The first-order valence-corrected chi connectivity index (χ1v) is 8.24. The topological polar surface area (TPSA) is 20.2 Å². The SMILES string of the molecule is OC1CC2C(=C3CCCC31)CCC1CCCCC12. The molecule has 4 aliphatic carbocycles. The van der Waals surface area contributed by atoms with Gasteiger partial charge in [-0.15, -0.1) is 0 Å². The van der Waals surface area contributed by atoms with Crippen LogP contribution in [0.2, 0.25) is 0 Å². The van der Waals surface area contributed by atoms with E-state index in [0.717, 1.165) is 24.2 Å². The molecule has 1 heteroatoms. The molecule has 1 nitrogen and oxygen atoms in total. The Bertz CT molecular complexity index is 370. The van der Waals surface area contributed by atoms with E-state index in [-0.39, 0.29) is 6.10 Å². The van der Waals surface area contributed by atoms with Crippen molar-refractivity contribution >= 4 is 0 Å². The maximum atomic E-state index is 10.5. The Labute approximate surface area is 111 Å². The third kappa shape index (κ3) is 1.62. The summed E-state index contributed by atoms with van der Waals surface area (Å²) in [4.78, 5) is 0. The van der Waals surface area contributed by atoms with Gasteiger partial charge in [0, 0.05) is 5.92 Å². The van der Waals surface area contributed by atoms with Crippen LogP contribution >= 0.6 is 0 Å². The predicted octanol–water partition coefficient (Wildman–Crippen LogP) is 4.06. The standard InChI is InChI=1S/C17H26O/c18-17-10-16-12-5-2-1-4-11(12)8-9-14(16)13-6-3-7-15(13)17/h11-12,15-18H,1-10H2. The van der Waals surface area contributed by atoms with E-state index in [1.54, 1.807) is 5.57 Å². The molecule has 4 aliphatic rings. The zero-order chi connectivity index (χ0) is 12.1. The molecule has 0 aromatic rings. The van der Waals surface area contributed by atoms with Crippen molar-refractivity contribution < 1.29 is 5.11 Å². The monoisotopic (exact) mass is 246 g/mol. The Morgan fingerprint density at radius 2 is 1.61 bits per heavy atom. The third-order valence-corrected chi connectivity index (χ3v) is 6.50. The van der Waals surface area contributed by atoms with Crippen LogP contribution in [-0.2, 0) is 0 Å². The Morgan fingerprint density at radius 3 is 2.56 bits per heavy atom. The predicted molar refractivity (Wildman–Crippen MR) is 73.2 cm³/mol. The van der Waals surface area contributed by atoms with Crippen LogP contribution in [0.5, 0.6) is 0 Å². The Morgan fingerprint density at radius 1 is 0.778 bits per heavy atom. The van der Waals surface area contributed by atoms with Crippen LogP contribution in [0.3, 0.4) is 0 Å². The van der Waals surface area contributed by atoms with E-state index in [0.29, 0.717) is 5.92 Å². The molecular weight excluding hydrogens is 220 g/mol. The molecular formula is C17H26O. The molecule has 5 atom stereocenters. The van der Waals surface area contributed by atoms with E-state index in [4.69, 9.17) is 0 Å². The summed E-state index contributed by atoms with van der Waals surface area (Å²) in [5, 5.41) is 10.5. The van der Waals surface area contributed by atoms with Crippen molar-refractivity contribution in [3.05, 3.63) is 11.1 Å². The maximum absolute atomic E-state index is 10.5. The fraction of sp³-hybridized carbons (Fsp3) is 0.882. The van der Waals surface area contributed by atoms with Crippen molar-refractivity contribution in [3.63, 3.8) is 0 Å². The molecule has 0 radical (unpaired) electrons. The molecule has 3 saturated carbocycles. The summed E-state index contributed by atoms with van der Waals surface area (Å²) >= 11 is 0. The highest BCUT2D eigenvalue weighted by Gasteiger charge is 2.45. The minimum Gasteiger partial charge on any atom is -0.392 e. The van der Waals surface area contributed by atoms with Crippen molar-refractivity contribution in [3.8, 4) is 0 Å². The summed E-state index contributed by atoms with van der Waals surface area (Å²) in [6.45, 7) is 0. The fourth-order valence-corrected chi connectivity index (χ4v) is 5.74. The van der Waals surface area contributed by atoms with Gasteiger partial charge >= 0.3 is 0 Å². The maximum Gasteiger partial charge on any atom is 0.0611 e. The number of aliphatic hydroxyl groups excluding tert-OH is 1. The molecule has 4 rings (SSSR count). The molecule has 1 N–H and O–H groups in total. The molecule has 0 amide bonds. The quantitative estimate of drug-likeness (QED) is 0.639. The molecule has 0 aromatic heterocycles. The zero-order valence-corrected chi connectivity index (χ0v) is 11.4. The molecule has 0 spiro atoms. The number of hydrogen-bond donors (Lipinski definition) is 1. The van der Waals surface area contributed by atoms with Crippen LogP contribution in [0.1, 0.15) is 64.2 Å². The zero-order valence-electron chi connectivity index (χ0n) is 11.4. The Kier molecular flexibility index (Phi) is 2.80. The van der Waals surface area contributed by atoms with Gasteiger partial charge in [0.25, 0.3) is 0 Å². The first kappa shape index (κ1) is 11.5. The number of rotatable bonds is 0. The van der Waals surface area contributed by atoms with E-state index in [1.165, 1.54) is 57.8 Å². The number of allylic oxidation sites excluding steroid dienone is 1. The van der Waals surface area contributed by atoms with Gasteiger partial charge in [-0.2, -0.15) is 0 Å². The minimum absolute atomic E-state index is 0.00285. The Hall–Kier alpha value is -0.300. The van der Waals surface area contributed by atoms with Crippen LogP contribution < -0.4 is 0 Å². The number of aliphatic hydroxyl groups is 1. The van der Waals surface area contributed by atoms with Gasteiger partial charge in [-0.25, -0.2) is 0 Å². The van der Waals surface area contributed by atoms with Crippen LogP contribution in [0, 0.1) is 23.7 Å². The van der Waals surface area contributed by atoms with Crippen molar-refractivity contribution in [1.82, 2.24) is 0 Å². The highest BCUT2D eigenvalue weighted by Crippen LogP contribution is 2.54. The summed E-state index contributed by atoms with van der Waals surface area (Å²) in [5.41, 5.74) is 3.56. The van der Waals surface area contributed by atoms with Crippen LogP contribution in [0.4, 0.5) is 0 Å². The highest BCUT2D eigenvalue weighted by atomic mass is 16.3. The van der Waals surface area contributed by atoms with E-state index in [1.807, 2.05) is 5.57 Å². The second kappa shape index (κ2) is 4.37.